The topological polar surface area (TPSA) is 48.7 Å². The van der Waals surface area contributed by atoms with Crippen molar-refractivity contribution in [3.8, 4) is 17.9 Å². The fourth-order valence-corrected chi connectivity index (χ4v) is 0.811. The normalized spacial score (nSPS) is 8.31. The first-order valence-corrected chi connectivity index (χ1v) is 3.87. The van der Waals surface area contributed by atoms with Crippen LogP contribution in [0.25, 0.3) is 0 Å². The van der Waals surface area contributed by atoms with Crippen molar-refractivity contribution in [2.24, 2.45) is 0 Å². The molecular weight excluding hydrogens is 162 g/mol. The molecule has 0 unspecified atom stereocenters. The first kappa shape index (κ1) is 9.25. The van der Waals surface area contributed by atoms with Crippen molar-refractivity contribution in [2.75, 3.05) is 13.6 Å². The van der Waals surface area contributed by atoms with E-state index in [1.54, 1.807) is 18.3 Å². The van der Waals surface area contributed by atoms with E-state index in [0.717, 1.165) is 0 Å². The Bertz CT molecular complexity index is 379. The number of rotatable bonds is 1. The second-order valence-electron chi connectivity index (χ2n) is 2.34. The second kappa shape index (κ2) is 4.92. The average molecular weight is 171 g/mol. The van der Waals surface area contributed by atoms with Gasteiger partial charge in [-0.3, -0.25) is 0 Å². The van der Waals surface area contributed by atoms with Crippen molar-refractivity contribution in [1.29, 1.82) is 5.26 Å². The fraction of sp³-hybridized carbons (Fsp3) is 0.200. The van der Waals surface area contributed by atoms with Gasteiger partial charge in [0.05, 0.1) is 12.1 Å². The number of pyridine rings is 1. The molecular formula is C10H9N3. The molecule has 64 valence electrons. The van der Waals surface area contributed by atoms with E-state index in [9.17, 15) is 0 Å². The van der Waals surface area contributed by atoms with Crippen LogP contribution in [0.2, 0.25) is 0 Å². The highest BCUT2D eigenvalue weighted by molar-refractivity contribution is 5.42. The molecule has 13 heavy (non-hydrogen) atoms. The van der Waals surface area contributed by atoms with Crippen LogP contribution in [0.15, 0.2) is 18.3 Å². The minimum absolute atomic E-state index is 0.520. The molecule has 1 aromatic rings. The number of hydrogen-bond donors (Lipinski definition) is 1. The summed E-state index contributed by atoms with van der Waals surface area (Å²) in [5, 5.41) is 11.6. The van der Waals surface area contributed by atoms with Gasteiger partial charge in [-0.1, -0.05) is 5.92 Å². The Morgan fingerprint density at radius 1 is 1.62 bits per heavy atom. The summed E-state index contributed by atoms with van der Waals surface area (Å²) in [6, 6.07) is 5.47. The zero-order valence-corrected chi connectivity index (χ0v) is 7.33. The summed E-state index contributed by atoms with van der Waals surface area (Å²) in [7, 11) is 1.82. The number of nitrogens with zero attached hydrogens (tertiary/aromatic N) is 2. The van der Waals surface area contributed by atoms with E-state index in [1.165, 1.54) is 0 Å². The molecule has 0 aliphatic carbocycles. The van der Waals surface area contributed by atoms with E-state index >= 15 is 0 Å². The van der Waals surface area contributed by atoms with E-state index in [4.69, 9.17) is 5.26 Å². The SMILES string of the molecule is CNCC#Cc1ncccc1C#N. The first-order valence-electron chi connectivity index (χ1n) is 3.87. The summed E-state index contributed by atoms with van der Waals surface area (Å²) in [4.78, 5) is 4.00. The monoisotopic (exact) mass is 171 g/mol. The quantitative estimate of drug-likeness (QED) is 0.627. The van der Waals surface area contributed by atoms with E-state index in [2.05, 4.69) is 22.1 Å². The number of nitriles is 1. The molecule has 0 aromatic carbocycles. The molecule has 0 aliphatic rings. The molecule has 0 amide bonds. The number of nitrogens with one attached hydrogen (secondary N) is 1. The van der Waals surface area contributed by atoms with Gasteiger partial charge in [0.15, 0.2) is 0 Å². The summed E-state index contributed by atoms with van der Waals surface area (Å²) in [6.45, 7) is 0.599. The Morgan fingerprint density at radius 2 is 2.46 bits per heavy atom. The molecule has 0 fully saturated rings. The van der Waals surface area contributed by atoms with Gasteiger partial charge in [-0.15, -0.1) is 0 Å². The molecule has 0 aliphatic heterocycles. The van der Waals surface area contributed by atoms with Crippen LogP contribution < -0.4 is 5.32 Å². The van der Waals surface area contributed by atoms with Gasteiger partial charge in [0, 0.05) is 6.20 Å². The van der Waals surface area contributed by atoms with Gasteiger partial charge in [-0.05, 0) is 25.1 Å². The Kier molecular flexibility index (Phi) is 3.50. The van der Waals surface area contributed by atoms with Crippen LogP contribution in [0, 0.1) is 23.2 Å². The third-order valence-corrected chi connectivity index (χ3v) is 1.40. The number of aromatic nitrogens is 1. The van der Waals surface area contributed by atoms with Crippen molar-refractivity contribution in [1.82, 2.24) is 10.3 Å². The minimum Gasteiger partial charge on any atom is -0.309 e. The van der Waals surface area contributed by atoms with Gasteiger partial charge in [0.25, 0.3) is 0 Å². The van der Waals surface area contributed by atoms with Gasteiger partial charge < -0.3 is 5.32 Å². The van der Waals surface area contributed by atoms with Crippen molar-refractivity contribution >= 4 is 0 Å². The van der Waals surface area contributed by atoms with Gasteiger partial charge in [0.2, 0.25) is 0 Å². The lowest BCUT2D eigenvalue weighted by atomic mass is 10.2. The van der Waals surface area contributed by atoms with Gasteiger partial charge in [0.1, 0.15) is 11.8 Å². The van der Waals surface area contributed by atoms with Crippen LogP contribution in [0.3, 0.4) is 0 Å². The van der Waals surface area contributed by atoms with Crippen LogP contribution in [-0.4, -0.2) is 18.6 Å². The Labute approximate surface area is 77.4 Å². The van der Waals surface area contributed by atoms with E-state index in [0.29, 0.717) is 17.8 Å². The third-order valence-electron chi connectivity index (χ3n) is 1.40. The molecule has 1 N–H and O–H groups in total. The van der Waals surface area contributed by atoms with Gasteiger partial charge in [-0.2, -0.15) is 5.26 Å². The molecule has 0 spiro atoms. The summed E-state index contributed by atoms with van der Waals surface area (Å²) in [5.74, 6) is 5.67. The maximum atomic E-state index is 8.70. The van der Waals surface area contributed by atoms with Crippen LogP contribution in [0.5, 0.6) is 0 Å². The molecule has 3 nitrogen and oxygen atoms in total. The molecule has 1 aromatic heterocycles. The highest BCUT2D eigenvalue weighted by Crippen LogP contribution is 2.00. The van der Waals surface area contributed by atoms with Gasteiger partial charge >= 0.3 is 0 Å². The summed E-state index contributed by atoms with van der Waals surface area (Å²) >= 11 is 0. The predicted molar refractivity (Wildman–Crippen MR) is 49.8 cm³/mol. The zero-order valence-electron chi connectivity index (χ0n) is 7.33. The molecule has 1 rings (SSSR count). The molecule has 0 saturated heterocycles. The van der Waals surface area contributed by atoms with Crippen LogP contribution >= 0.6 is 0 Å². The van der Waals surface area contributed by atoms with E-state index < -0.39 is 0 Å². The lowest BCUT2D eigenvalue weighted by Crippen LogP contribution is -2.04. The molecule has 3 heteroatoms. The smallest absolute Gasteiger partial charge is 0.130 e. The van der Waals surface area contributed by atoms with Crippen LogP contribution in [-0.2, 0) is 0 Å². The Balaban J connectivity index is 2.91. The van der Waals surface area contributed by atoms with Crippen LogP contribution in [0.4, 0.5) is 0 Å². The van der Waals surface area contributed by atoms with E-state index in [-0.39, 0.29) is 0 Å². The molecule has 0 bridgehead atoms. The molecule has 1 heterocycles. The largest absolute Gasteiger partial charge is 0.309 e. The third kappa shape index (κ3) is 2.59. The minimum atomic E-state index is 0.520. The van der Waals surface area contributed by atoms with Crippen molar-refractivity contribution in [2.45, 2.75) is 0 Å². The standard InChI is InChI=1S/C10H9N3/c1-12-6-3-5-10-9(8-11)4-2-7-13-10/h2,4,7,12H,6H2,1H3. The summed E-state index contributed by atoms with van der Waals surface area (Å²) in [5.41, 5.74) is 1.06. The summed E-state index contributed by atoms with van der Waals surface area (Å²) in [6.07, 6.45) is 1.63. The van der Waals surface area contributed by atoms with Crippen molar-refractivity contribution < 1.29 is 0 Å². The Morgan fingerprint density at radius 3 is 3.15 bits per heavy atom. The molecule has 0 radical (unpaired) electrons. The van der Waals surface area contributed by atoms with Crippen molar-refractivity contribution in [3.05, 3.63) is 29.6 Å². The average Bonchev–Trinajstić information content (AvgIpc) is 2.19. The summed E-state index contributed by atoms with van der Waals surface area (Å²) < 4.78 is 0. The molecule has 0 atom stereocenters. The highest BCUT2D eigenvalue weighted by Gasteiger charge is 1.96. The fourth-order valence-electron chi connectivity index (χ4n) is 0.811. The zero-order chi connectivity index (χ0) is 9.52. The lowest BCUT2D eigenvalue weighted by molar-refractivity contribution is 0.938. The molecule has 0 saturated carbocycles. The second-order valence-corrected chi connectivity index (χ2v) is 2.34. The van der Waals surface area contributed by atoms with Crippen molar-refractivity contribution in [3.63, 3.8) is 0 Å². The first-order chi connectivity index (χ1) is 6.38. The highest BCUT2D eigenvalue weighted by atomic mass is 14.8. The maximum Gasteiger partial charge on any atom is 0.130 e. The van der Waals surface area contributed by atoms with Gasteiger partial charge in [-0.25, -0.2) is 4.98 Å². The number of hydrogen-bond acceptors (Lipinski definition) is 3. The maximum absolute atomic E-state index is 8.70. The van der Waals surface area contributed by atoms with Crippen LogP contribution in [0.1, 0.15) is 11.3 Å². The predicted octanol–water partition coefficient (Wildman–Crippen LogP) is 0.524. The Hall–Kier alpha value is -1.84. The lowest BCUT2D eigenvalue weighted by Gasteiger charge is -1.91. The van der Waals surface area contributed by atoms with E-state index in [1.807, 2.05) is 13.1 Å².